The quantitative estimate of drug-likeness (QED) is 0.355. The minimum atomic E-state index is -3.18. The average molecular weight is 534 g/mol. The first-order valence-electron chi connectivity index (χ1n) is 12.7. The lowest BCUT2D eigenvalue weighted by atomic mass is 9.84. The van der Waals surface area contributed by atoms with E-state index in [-0.39, 0.29) is 23.6 Å². The molecule has 200 valence electrons. The average Bonchev–Trinajstić information content (AvgIpc) is 3.40. The summed E-state index contributed by atoms with van der Waals surface area (Å²) in [6.45, 7) is 1.74. The van der Waals surface area contributed by atoms with E-state index < -0.39 is 36.5 Å². The molecule has 2 aromatic carbocycles. The molecule has 6 rings (SSSR count). The third-order valence-electron chi connectivity index (χ3n) is 7.49. The van der Waals surface area contributed by atoms with Crippen LogP contribution in [-0.2, 0) is 6.42 Å². The van der Waals surface area contributed by atoms with Gasteiger partial charge >= 0.3 is 6.61 Å². The van der Waals surface area contributed by atoms with E-state index in [2.05, 4.69) is 19.9 Å². The molecule has 0 aliphatic carbocycles. The van der Waals surface area contributed by atoms with Crippen molar-refractivity contribution in [1.29, 1.82) is 0 Å². The topological polar surface area (TPSA) is 119 Å². The predicted octanol–water partition coefficient (Wildman–Crippen LogP) is 4.31. The van der Waals surface area contributed by atoms with E-state index in [0.29, 0.717) is 40.2 Å². The number of aromatic nitrogens is 4. The van der Waals surface area contributed by atoms with Crippen molar-refractivity contribution in [2.75, 3.05) is 0 Å². The number of nitrogens with zero attached hydrogens (tertiary/aromatic N) is 4. The van der Waals surface area contributed by atoms with Crippen molar-refractivity contribution in [3.8, 4) is 17.0 Å². The number of halogens is 2. The van der Waals surface area contributed by atoms with Crippen molar-refractivity contribution in [2.24, 2.45) is 0 Å². The molecule has 0 saturated heterocycles. The number of amides is 1. The Morgan fingerprint density at radius 3 is 2.72 bits per heavy atom. The number of carbonyl (C=O) groups excluding carboxylic acids is 2. The number of Topliss-reactive ketones (excluding diaryl/α,β-unsaturated/α-hetero) is 1. The summed E-state index contributed by atoms with van der Waals surface area (Å²) in [6.07, 6.45) is 0.802. The summed E-state index contributed by atoms with van der Waals surface area (Å²) >= 11 is 0. The fraction of sp³-hybridized carbons (Fsp3) is 0.321. The fourth-order valence-electron chi connectivity index (χ4n) is 5.96. The zero-order chi connectivity index (χ0) is 27.6. The van der Waals surface area contributed by atoms with Gasteiger partial charge in [0, 0.05) is 17.3 Å². The molecule has 2 bridgehead atoms. The van der Waals surface area contributed by atoms with Gasteiger partial charge in [0.15, 0.2) is 5.82 Å². The number of imidazole rings is 1. The number of alkyl halides is 2. The van der Waals surface area contributed by atoms with Crippen molar-refractivity contribution in [3.63, 3.8) is 0 Å². The Kier molecular flexibility index (Phi) is 5.91. The lowest BCUT2D eigenvalue weighted by molar-refractivity contribution is -0.0507. The molecule has 0 fully saturated rings. The maximum atomic E-state index is 13.8. The van der Waals surface area contributed by atoms with E-state index >= 15 is 0 Å². The maximum absolute atomic E-state index is 13.8. The van der Waals surface area contributed by atoms with Crippen LogP contribution < -0.4 is 10.1 Å². The normalized spacial score (nSPS) is 18.5. The van der Waals surface area contributed by atoms with Gasteiger partial charge in [-0.25, -0.2) is 15.0 Å². The van der Waals surface area contributed by atoms with Gasteiger partial charge in [-0.3, -0.25) is 9.59 Å². The van der Waals surface area contributed by atoms with Gasteiger partial charge in [0.1, 0.15) is 17.7 Å². The van der Waals surface area contributed by atoms with Gasteiger partial charge in [0.2, 0.25) is 5.78 Å². The van der Waals surface area contributed by atoms with Gasteiger partial charge in [0.25, 0.3) is 5.91 Å². The molecule has 1 unspecified atom stereocenters. The number of carbonyl (C=O) groups is 2. The lowest BCUT2D eigenvalue weighted by Gasteiger charge is -2.27. The van der Waals surface area contributed by atoms with Crippen LogP contribution in [-0.4, -0.2) is 49.0 Å². The zero-order valence-electron chi connectivity index (χ0n) is 21.4. The molecular formula is C28H25F2N5O4. The third-order valence-corrected chi connectivity index (χ3v) is 7.49. The van der Waals surface area contributed by atoms with Gasteiger partial charge in [-0.05, 0) is 56.0 Å². The molecule has 2 N–H and O–H groups in total. The Morgan fingerprint density at radius 2 is 2.00 bits per heavy atom. The van der Waals surface area contributed by atoms with E-state index in [4.69, 9.17) is 9.72 Å². The SMILES string of the molecule is CCc1c(OC(F)F)c2c(c(C)c1-c1ccnc(C(=O)C(C)O)n1)[C@H]1C[C@@H](NC2=O)c2nc3ccccc3n21. The highest BCUT2D eigenvalue weighted by molar-refractivity contribution is 6.02. The number of ketones is 1. The molecule has 0 saturated carbocycles. The summed E-state index contributed by atoms with van der Waals surface area (Å²) in [5, 5.41) is 12.8. The van der Waals surface area contributed by atoms with Gasteiger partial charge < -0.3 is 19.7 Å². The monoisotopic (exact) mass is 533 g/mol. The Labute approximate surface area is 221 Å². The Balaban J connectivity index is 1.68. The van der Waals surface area contributed by atoms with E-state index in [1.54, 1.807) is 13.0 Å². The molecule has 0 spiro atoms. The summed E-state index contributed by atoms with van der Waals surface area (Å²) in [6, 6.07) is 8.38. The molecule has 0 radical (unpaired) electrons. The first kappa shape index (κ1) is 25.1. The summed E-state index contributed by atoms with van der Waals surface area (Å²) in [5.41, 5.74) is 4.06. The summed E-state index contributed by atoms with van der Waals surface area (Å²) < 4.78 is 34.8. The largest absolute Gasteiger partial charge is 0.434 e. The van der Waals surface area contributed by atoms with E-state index in [1.807, 2.05) is 31.2 Å². The standard InChI is InChI=1S/C28H25F2N5O4/c1-4-14-20(16-9-10-31-25(32-16)23(37)13(3)36)12(2)21-19-11-17(34-27(38)22(21)24(14)39-28(29)30)26-33-15-7-5-6-8-18(15)35(19)26/h5-10,13,17,19,28,36H,4,11H2,1-3H3,(H,34,38)/t13?,17-,19-/m1/s1. The van der Waals surface area contributed by atoms with Gasteiger partial charge in [-0.1, -0.05) is 19.1 Å². The van der Waals surface area contributed by atoms with Crippen LogP contribution in [0.4, 0.5) is 8.78 Å². The highest BCUT2D eigenvalue weighted by atomic mass is 19.3. The second-order valence-corrected chi connectivity index (χ2v) is 9.74. The minimum Gasteiger partial charge on any atom is -0.434 e. The minimum absolute atomic E-state index is 0.0682. The number of rotatable bonds is 6. The van der Waals surface area contributed by atoms with Gasteiger partial charge in [0.05, 0.1) is 34.4 Å². The molecule has 39 heavy (non-hydrogen) atoms. The smallest absolute Gasteiger partial charge is 0.387 e. The van der Waals surface area contributed by atoms with Crippen LogP contribution in [0.25, 0.3) is 22.3 Å². The predicted molar refractivity (Wildman–Crippen MR) is 137 cm³/mol. The summed E-state index contributed by atoms with van der Waals surface area (Å²) in [5.74, 6) is -0.885. The molecule has 2 aliphatic rings. The molecule has 2 aliphatic heterocycles. The maximum Gasteiger partial charge on any atom is 0.387 e. The molecule has 11 heteroatoms. The van der Waals surface area contributed by atoms with E-state index in [0.717, 1.165) is 11.0 Å². The van der Waals surface area contributed by atoms with Crippen molar-refractivity contribution >= 4 is 22.7 Å². The number of aliphatic hydroxyl groups is 1. The van der Waals surface area contributed by atoms with Crippen LogP contribution >= 0.6 is 0 Å². The second-order valence-electron chi connectivity index (χ2n) is 9.74. The Morgan fingerprint density at radius 1 is 1.23 bits per heavy atom. The highest BCUT2D eigenvalue weighted by Crippen LogP contribution is 2.50. The second kappa shape index (κ2) is 9.19. The summed E-state index contributed by atoms with van der Waals surface area (Å²) in [7, 11) is 0. The van der Waals surface area contributed by atoms with Crippen molar-refractivity contribution in [2.45, 2.75) is 58.4 Å². The fourth-order valence-corrected chi connectivity index (χ4v) is 5.96. The van der Waals surface area contributed by atoms with Crippen LogP contribution in [0.2, 0.25) is 0 Å². The first-order valence-corrected chi connectivity index (χ1v) is 12.7. The van der Waals surface area contributed by atoms with E-state index in [9.17, 15) is 23.5 Å². The number of aliphatic hydroxyl groups excluding tert-OH is 1. The Hall–Kier alpha value is -4.25. The number of hydrogen-bond acceptors (Lipinski definition) is 7. The lowest BCUT2D eigenvalue weighted by Crippen LogP contribution is -2.29. The number of benzene rings is 2. The third kappa shape index (κ3) is 3.79. The molecule has 1 amide bonds. The molecule has 4 aromatic rings. The highest BCUT2D eigenvalue weighted by Gasteiger charge is 2.44. The van der Waals surface area contributed by atoms with Crippen LogP contribution in [0.1, 0.15) is 75.8 Å². The van der Waals surface area contributed by atoms with Crippen molar-refractivity contribution in [3.05, 3.63) is 70.4 Å². The number of nitrogens with one attached hydrogen (secondary N) is 1. The number of ether oxygens (including phenoxy) is 1. The first-order chi connectivity index (χ1) is 18.7. The number of fused-ring (bicyclic) bond motifs is 9. The zero-order valence-corrected chi connectivity index (χ0v) is 21.4. The van der Waals surface area contributed by atoms with E-state index in [1.165, 1.54) is 13.1 Å². The molecule has 9 nitrogen and oxygen atoms in total. The van der Waals surface area contributed by atoms with Gasteiger partial charge in [-0.2, -0.15) is 8.78 Å². The molecule has 2 aromatic heterocycles. The summed E-state index contributed by atoms with van der Waals surface area (Å²) in [4.78, 5) is 39.3. The molecular weight excluding hydrogens is 508 g/mol. The van der Waals surface area contributed by atoms with Crippen molar-refractivity contribution < 1.29 is 28.2 Å². The van der Waals surface area contributed by atoms with Crippen LogP contribution in [0.15, 0.2) is 36.5 Å². The number of para-hydroxylation sites is 2. The van der Waals surface area contributed by atoms with Gasteiger partial charge in [-0.15, -0.1) is 0 Å². The van der Waals surface area contributed by atoms with Crippen molar-refractivity contribution in [1.82, 2.24) is 24.8 Å². The molecule has 3 atom stereocenters. The van der Waals surface area contributed by atoms with Crippen LogP contribution in [0.5, 0.6) is 5.75 Å². The number of hydrogen-bond donors (Lipinski definition) is 2. The van der Waals surface area contributed by atoms with Crippen LogP contribution in [0, 0.1) is 6.92 Å². The van der Waals surface area contributed by atoms with Crippen LogP contribution in [0.3, 0.4) is 0 Å². The molecule has 4 heterocycles. The Bertz CT molecular complexity index is 1670.